The minimum Gasteiger partial charge on any atom is -0.322 e. The lowest BCUT2D eigenvalue weighted by atomic mass is 10.1. The van der Waals surface area contributed by atoms with Crippen molar-refractivity contribution in [3.8, 4) is 6.07 Å². The molecular formula is C21H15N3O2. The van der Waals surface area contributed by atoms with E-state index in [4.69, 9.17) is 5.26 Å². The Kier molecular flexibility index (Phi) is 5.06. The van der Waals surface area contributed by atoms with Gasteiger partial charge in [-0.1, -0.05) is 24.3 Å². The molecule has 0 spiro atoms. The van der Waals surface area contributed by atoms with Crippen LogP contribution in [0.25, 0.3) is 0 Å². The van der Waals surface area contributed by atoms with Crippen LogP contribution in [0.3, 0.4) is 0 Å². The maximum absolute atomic E-state index is 12.3. The van der Waals surface area contributed by atoms with E-state index >= 15 is 0 Å². The average Bonchev–Trinajstić information content (AvgIpc) is 2.69. The van der Waals surface area contributed by atoms with Crippen molar-refractivity contribution in [1.82, 2.24) is 0 Å². The van der Waals surface area contributed by atoms with Crippen LogP contribution in [0.1, 0.15) is 26.3 Å². The lowest BCUT2D eigenvalue weighted by Crippen LogP contribution is -2.13. The number of amides is 2. The van der Waals surface area contributed by atoms with Crippen molar-refractivity contribution >= 4 is 23.2 Å². The Morgan fingerprint density at radius 3 is 1.96 bits per heavy atom. The van der Waals surface area contributed by atoms with Gasteiger partial charge in [-0.05, 0) is 54.6 Å². The van der Waals surface area contributed by atoms with Gasteiger partial charge < -0.3 is 10.6 Å². The molecule has 0 aliphatic heterocycles. The van der Waals surface area contributed by atoms with E-state index in [1.807, 2.05) is 12.1 Å². The van der Waals surface area contributed by atoms with E-state index in [0.29, 0.717) is 28.1 Å². The zero-order valence-corrected chi connectivity index (χ0v) is 13.8. The third kappa shape index (κ3) is 4.13. The minimum absolute atomic E-state index is 0.212. The van der Waals surface area contributed by atoms with Gasteiger partial charge in [0.25, 0.3) is 11.8 Å². The average molecular weight is 341 g/mol. The summed E-state index contributed by atoms with van der Waals surface area (Å²) >= 11 is 0. The molecular weight excluding hydrogens is 326 g/mol. The van der Waals surface area contributed by atoms with E-state index in [1.165, 1.54) is 0 Å². The highest BCUT2D eigenvalue weighted by Crippen LogP contribution is 2.15. The molecule has 3 aromatic carbocycles. The van der Waals surface area contributed by atoms with Gasteiger partial charge in [-0.3, -0.25) is 9.59 Å². The zero-order valence-electron chi connectivity index (χ0n) is 13.8. The highest BCUT2D eigenvalue weighted by Gasteiger charge is 2.08. The molecule has 0 atom stereocenters. The van der Waals surface area contributed by atoms with Gasteiger partial charge in [-0.15, -0.1) is 0 Å². The first kappa shape index (κ1) is 16.9. The largest absolute Gasteiger partial charge is 0.322 e. The van der Waals surface area contributed by atoms with Crippen LogP contribution in [-0.2, 0) is 0 Å². The molecule has 3 rings (SSSR count). The molecule has 0 heterocycles. The number of nitriles is 1. The molecule has 2 amide bonds. The fraction of sp³-hybridized carbons (Fsp3) is 0. The Bertz CT molecular complexity index is 974. The van der Waals surface area contributed by atoms with E-state index in [2.05, 4.69) is 10.6 Å². The third-order valence-corrected chi connectivity index (χ3v) is 3.69. The number of carbonyl (C=O) groups is 2. The molecule has 3 aromatic rings. The molecule has 0 saturated carbocycles. The summed E-state index contributed by atoms with van der Waals surface area (Å²) in [5, 5.41) is 14.4. The summed E-state index contributed by atoms with van der Waals surface area (Å²) in [7, 11) is 0. The molecule has 2 N–H and O–H groups in total. The molecule has 0 unspecified atom stereocenters. The number of benzene rings is 3. The number of hydrogen-bond donors (Lipinski definition) is 2. The number of carbonyl (C=O) groups excluding carboxylic acids is 2. The number of rotatable bonds is 4. The standard InChI is InChI=1S/C21H15N3O2/c22-14-15-5-4-8-19(13-15)24-21(26)17-9-11-18(12-10-17)23-20(25)16-6-2-1-3-7-16/h1-13H,(H,23,25)(H,24,26). The predicted octanol–water partition coefficient (Wildman–Crippen LogP) is 4.06. The van der Waals surface area contributed by atoms with Crippen LogP contribution >= 0.6 is 0 Å². The van der Waals surface area contributed by atoms with Gasteiger partial charge in [0, 0.05) is 22.5 Å². The highest BCUT2D eigenvalue weighted by atomic mass is 16.2. The van der Waals surface area contributed by atoms with Crippen LogP contribution in [0.4, 0.5) is 11.4 Å². The molecule has 0 aliphatic carbocycles. The van der Waals surface area contributed by atoms with Crippen molar-refractivity contribution in [3.63, 3.8) is 0 Å². The lowest BCUT2D eigenvalue weighted by molar-refractivity contribution is 0.102. The first-order chi connectivity index (χ1) is 12.7. The quantitative estimate of drug-likeness (QED) is 0.750. The molecule has 26 heavy (non-hydrogen) atoms. The predicted molar refractivity (Wildman–Crippen MR) is 99.9 cm³/mol. The van der Waals surface area contributed by atoms with Gasteiger partial charge in [0.2, 0.25) is 0 Å². The summed E-state index contributed by atoms with van der Waals surface area (Å²) in [5.74, 6) is -0.503. The second-order valence-electron chi connectivity index (χ2n) is 5.54. The van der Waals surface area contributed by atoms with Crippen LogP contribution in [0.5, 0.6) is 0 Å². The molecule has 0 aliphatic rings. The van der Waals surface area contributed by atoms with Gasteiger partial charge in [0.15, 0.2) is 0 Å². The van der Waals surface area contributed by atoms with Crippen molar-refractivity contribution in [2.24, 2.45) is 0 Å². The number of nitrogens with zero attached hydrogens (tertiary/aromatic N) is 1. The molecule has 5 heteroatoms. The fourth-order valence-corrected chi connectivity index (χ4v) is 2.37. The maximum atomic E-state index is 12.3. The molecule has 5 nitrogen and oxygen atoms in total. The highest BCUT2D eigenvalue weighted by molar-refractivity contribution is 6.06. The fourth-order valence-electron chi connectivity index (χ4n) is 2.37. The molecule has 126 valence electrons. The summed E-state index contributed by atoms with van der Waals surface area (Å²) in [6, 6.07) is 24.2. The van der Waals surface area contributed by atoms with E-state index < -0.39 is 0 Å². The Morgan fingerprint density at radius 1 is 0.692 bits per heavy atom. The van der Waals surface area contributed by atoms with Gasteiger partial charge in [0.05, 0.1) is 11.6 Å². The van der Waals surface area contributed by atoms with Crippen molar-refractivity contribution in [1.29, 1.82) is 5.26 Å². The van der Waals surface area contributed by atoms with Gasteiger partial charge in [-0.2, -0.15) is 5.26 Å². The Hall–Kier alpha value is -3.91. The van der Waals surface area contributed by atoms with Gasteiger partial charge in [0.1, 0.15) is 0 Å². The van der Waals surface area contributed by atoms with Crippen LogP contribution in [-0.4, -0.2) is 11.8 Å². The first-order valence-corrected chi connectivity index (χ1v) is 7.94. The Balaban J connectivity index is 1.66. The summed E-state index contributed by atoms with van der Waals surface area (Å²) in [5.41, 5.74) is 2.64. The number of nitrogens with one attached hydrogen (secondary N) is 2. The normalized spacial score (nSPS) is 9.81. The molecule has 0 aromatic heterocycles. The summed E-state index contributed by atoms with van der Waals surface area (Å²) in [6.07, 6.45) is 0. The minimum atomic E-state index is -0.291. The van der Waals surface area contributed by atoms with Gasteiger partial charge in [-0.25, -0.2) is 0 Å². The van der Waals surface area contributed by atoms with Crippen LogP contribution in [0.15, 0.2) is 78.9 Å². The van der Waals surface area contributed by atoms with Crippen molar-refractivity contribution in [2.45, 2.75) is 0 Å². The maximum Gasteiger partial charge on any atom is 0.255 e. The van der Waals surface area contributed by atoms with E-state index in [9.17, 15) is 9.59 Å². The van der Waals surface area contributed by atoms with E-state index in [-0.39, 0.29) is 11.8 Å². The second-order valence-corrected chi connectivity index (χ2v) is 5.54. The van der Waals surface area contributed by atoms with Gasteiger partial charge >= 0.3 is 0 Å². The van der Waals surface area contributed by atoms with Crippen LogP contribution in [0, 0.1) is 11.3 Å². The van der Waals surface area contributed by atoms with Crippen LogP contribution < -0.4 is 10.6 Å². The van der Waals surface area contributed by atoms with Crippen molar-refractivity contribution < 1.29 is 9.59 Å². The lowest BCUT2D eigenvalue weighted by Gasteiger charge is -2.08. The zero-order chi connectivity index (χ0) is 18.4. The second kappa shape index (κ2) is 7.77. The first-order valence-electron chi connectivity index (χ1n) is 7.94. The molecule has 0 saturated heterocycles. The smallest absolute Gasteiger partial charge is 0.255 e. The summed E-state index contributed by atoms with van der Waals surface area (Å²) in [4.78, 5) is 24.4. The molecule has 0 bridgehead atoms. The topological polar surface area (TPSA) is 82.0 Å². The number of anilines is 2. The van der Waals surface area contributed by atoms with E-state index in [1.54, 1.807) is 72.8 Å². The summed E-state index contributed by atoms with van der Waals surface area (Å²) in [6.45, 7) is 0. The van der Waals surface area contributed by atoms with E-state index in [0.717, 1.165) is 0 Å². The van der Waals surface area contributed by atoms with Crippen LogP contribution in [0.2, 0.25) is 0 Å². The monoisotopic (exact) mass is 341 g/mol. The Labute approximate surface area is 150 Å². The van der Waals surface area contributed by atoms with Crippen molar-refractivity contribution in [2.75, 3.05) is 10.6 Å². The molecule has 0 fully saturated rings. The number of hydrogen-bond acceptors (Lipinski definition) is 3. The summed E-state index contributed by atoms with van der Waals surface area (Å²) < 4.78 is 0. The third-order valence-electron chi connectivity index (χ3n) is 3.69. The molecule has 0 radical (unpaired) electrons. The Morgan fingerprint density at radius 2 is 1.31 bits per heavy atom. The van der Waals surface area contributed by atoms with Crippen molar-refractivity contribution in [3.05, 3.63) is 95.6 Å². The SMILES string of the molecule is N#Cc1cccc(NC(=O)c2ccc(NC(=O)c3ccccc3)cc2)c1.